The number of anilines is 1. The molecule has 0 fully saturated rings. The van der Waals surface area contributed by atoms with Crippen molar-refractivity contribution in [3.05, 3.63) is 24.3 Å². The van der Waals surface area contributed by atoms with Gasteiger partial charge in [-0.3, -0.25) is 5.32 Å². The zero-order valence-electron chi connectivity index (χ0n) is 10.9. The Morgan fingerprint density at radius 2 is 1.95 bits per heavy atom. The van der Waals surface area contributed by atoms with Gasteiger partial charge in [0.1, 0.15) is 12.4 Å². The zero-order valence-corrected chi connectivity index (χ0v) is 11.7. The number of benzene rings is 1. The molecule has 20 heavy (non-hydrogen) atoms. The number of hydrogen-bond acceptors (Lipinski definition) is 4. The first-order valence-corrected chi connectivity index (χ1v) is 6.91. The molecule has 1 aromatic rings. The van der Waals surface area contributed by atoms with E-state index in [9.17, 15) is 18.0 Å². The molecule has 1 atom stereocenters. The molecule has 1 aromatic carbocycles. The van der Waals surface area contributed by atoms with Crippen LogP contribution >= 0.6 is 11.8 Å². The van der Waals surface area contributed by atoms with Crippen molar-refractivity contribution in [1.29, 1.82) is 0 Å². The lowest BCUT2D eigenvalue weighted by atomic mass is 10.3. The van der Waals surface area contributed by atoms with Crippen LogP contribution in [0.5, 0.6) is 5.75 Å². The third kappa shape index (κ3) is 6.55. The molecule has 0 aliphatic carbocycles. The maximum atomic E-state index is 11.9. The van der Waals surface area contributed by atoms with Crippen LogP contribution in [0.1, 0.15) is 6.92 Å². The van der Waals surface area contributed by atoms with E-state index in [1.54, 1.807) is 11.8 Å². The van der Waals surface area contributed by atoms with Crippen LogP contribution in [0.4, 0.5) is 23.7 Å². The number of thioether (sulfide) groups is 1. The van der Waals surface area contributed by atoms with Crippen LogP contribution in [0.15, 0.2) is 24.3 Å². The van der Waals surface area contributed by atoms with Crippen molar-refractivity contribution in [3.63, 3.8) is 0 Å². The summed E-state index contributed by atoms with van der Waals surface area (Å²) in [5.74, 6) is -0.354. The highest BCUT2D eigenvalue weighted by atomic mass is 32.2. The largest absolute Gasteiger partial charge is 0.573 e. The Balaban J connectivity index is 2.47. The van der Waals surface area contributed by atoms with Gasteiger partial charge in [-0.25, -0.2) is 4.79 Å². The molecule has 0 heterocycles. The van der Waals surface area contributed by atoms with E-state index in [1.807, 2.05) is 13.2 Å². The monoisotopic (exact) mass is 309 g/mol. The third-order valence-corrected chi connectivity index (χ3v) is 3.13. The molecule has 1 amide bonds. The lowest BCUT2D eigenvalue weighted by molar-refractivity contribution is -0.274. The number of amides is 1. The van der Waals surface area contributed by atoms with Gasteiger partial charge < -0.3 is 9.47 Å². The lowest BCUT2D eigenvalue weighted by Gasteiger charge is -2.11. The van der Waals surface area contributed by atoms with Crippen LogP contribution in [0, 0.1) is 0 Å². The SMILES string of the molecule is CS[C@H](C)COC(=O)Nc1ccc(OC(F)(F)F)cc1. The van der Waals surface area contributed by atoms with E-state index in [4.69, 9.17) is 4.74 Å². The zero-order chi connectivity index (χ0) is 15.2. The maximum Gasteiger partial charge on any atom is 0.573 e. The van der Waals surface area contributed by atoms with Crippen molar-refractivity contribution in [1.82, 2.24) is 0 Å². The van der Waals surface area contributed by atoms with E-state index < -0.39 is 12.5 Å². The van der Waals surface area contributed by atoms with Gasteiger partial charge in [-0.15, -0.1) is 13.2 Å². The predicted octanol–water partition coefficient (Wildman–Crippen LogP) is 3.89. The van der Waals surface area contributed by atoms with Gasteiger partial charge in [-0.2, -0.15) is 11.8 Å². The fourth-order valence-corrected chi connectivity index (χ4v) is 1.36. The summed E-state index contributed by atoms with van der Waals surface area (Å²) in [6, 6.07) is 4.79. The molecule has 0 saturated heterocycles. The number of hydrogen-bond donors (Lipinski definition) is 1. The minimum absolute atomic E-state index is 0.170. The molecule has 1 N–H and O–H groups in total. The Morgan fingerprint density at radius 1 is 1.35 bits per heavy atom. The Morgan fingerprint density at radius 3 is 2.45 bits per heavy atom. The van der Waals surface area contributed by atoms with Gasteiger partial charge in [0.05, 0.1) is 0 Å². The highest BCUT2D eigenvalue weighted by molar-refractivity contribution is 7.99. The first-order valence-electron chi connectivity index (χ1n) is 5.62. The second kappa shape index (κ2) is 7.28. The fraction of sp³-hybridized carbons (Fsp3) is 0.417. The van der Waals surface area contributed by atoms with Gasteiger partial charge in [-0.05, 0) is 30.5 Å². The van der Waals surface area contributed by atoms with Gasteiger partial charge in [0.2, 0.25) is 0 Å². The maximum absolute atomic E-state index is 11.9. The summed E-state index contributed by atoms with van der Waals surface area (Å²) >= 11 is 1.55. The smallest absolute Gasteiger partial charge is 0.448 e. The molecule has 0 saturated carbocycles. The summed E-state index contributed by atoms with van der Waals surface area (Å²) in [7, 11) is 0. The molecule has 0 aliphatic heterocycles. The molecule has 0 spiro atoms. The minimum Gasteiger partial charge on any atom is -0.448 e. The standard InChI is InChI=1S/C12H14F3NO3S/c1-8(20-2)7-18-11(17)16-9-3-5-10(6-4-9)19-12(13,14)15/h3-6,8H,7H2,1-2H3,(H,16,17)/t8-/m1/s1. The summed E-state index contributed by atoms with van der Waals surface area (Å²) in [6.07, 6.45) is -3.50. The quantitative estimate of drug-likeness (QED) is 0.896. The van der Waals surface area contributed by atoms with Gasteiger partial charge in [0.15, 0.2) is 0 Å². The Labute approximate surface area is 118 Å². The van der Waals surface area contributed by atoms with Gasteiger partial charge in [-0.1, -0.05) is 6.92 Å². The molecule has 0 bridgehead atoms. The fourth-order valence-electron chi connectivity index (χ4n) is 1.15. The van der Waals surface area contributed by atoms with Crippen molar-refractivity contribution in [3.8, 4) is 5.75 Å². The van der Waals surface area contributed by atoms with Crippen LogP contribution < -0.4 is 10.1 Å². The van der Waals surface area contributed by atoms with Crippen LogP contribution in [0.2, 0.25) is 0 Å². The third-order valence-electron chi connectivity index (χ3n) is 2.19. The predicted molar refractivity (Wildman–Crippen MR) is 71.1 cm³/mol. The highest BCUT2D eigenvalue weighted by Gasteiger charge is 2.30. The molecular weight excluding hydrogens is 295 g/mol. The van der Waals surface area contributed by atoms with E-state index >= 15 is 0 Å². The van der Waals surface area contributed by atoms with Crippen LogP contribution in [0.3, 0.4) is 0 Å². The number of nitrogens with one attached hydrogen (secondary N) is 1. The second-order valence-electron chi connectivity index (χ2n) is 3.84. The van der Waals surface area contributed by atoms with E-state index in [0.29, 0.717) is 5.69 Å². The molecule has 4 nitrogen and oxygen atoms in total. The molecular formula is C12H14F3NO3S. The van der Waals surface area contributed by atoms with Crippen molar-refractivity contribution < 1.29 is 27.4 Å². The molecule has 112 valence electrons. The van der Waals surface area contributed by atoms with E-state index in [2.05, 4.69) is 10.1 Å². The van der Waals surface area contributed by atoms with E-state index in [-0.39, 0.29) is 17.6 Å². The lowest BCUT2D eigenvalue weighted by Crippen LogP contribution is -2.19. The topological polar surface area (TPSA) is 47.6 Å². The molecule has 8 heteroatoms. The number of carbonyl (C=O) groups is 1. The Kier molecular flexibility index (Phi) is 6.00. The van der Waals surface area contributed by atoms with Crippen molar-refractivity contribution in [2.45, 2.75) is 18.5 Å². The molecule has 0 aromatic heterocycles. The van der Waals surface area contributed by atoms with Crippen LogP contribution in [-0.4, -0.2) is 30.6 Å². The molecule has 1 rings (SSSR count). The second-order valence-corrected chi connectivity index (χ2v) is 5.12. The first-order chi connectivity index (χ1) is 9.30. The summed E-state index contributed by atoms with van der Waals surface area (Å²) in [4.78, 5) is 11.4. The summed E-state index contributed by atoms with van der Waals surface area (Å²) in [5, 5.41) is 2.57. The number of halogens is 3. The van der Waals surface area contributed by atoms with Gasteiger partial charge in [0, 0.05) is 10.9 Å². The Bertz CT molecular complexity index is 437. The van der Waals surface area contributed by atoms with Gasteiger partial charge in [0.25, 0.3) is 0 Å². The van der Waals surface area contributed by atoms with E-state index in [1.165, 1.54) is 12.1 Å². The van der Waals surface area contributed by atoms with Crippen molar-refractivity contribution in [2.24, 2.45) is 0 Å². The molecule has 0 radical (unpaired) electrons. The molecule has 0 aliphatic rings. The number of alkyl halides is 3. The van der Waals surface area contributed by atoms with Crippen molar-refractivity contribution in [2.75, 3.05) is 18.2 Å². The summed E-state index contributed by atoms with van der Waals surface area (Å²) < 4.78 is 44.5. The minimum atomic E-state index is -4.73. The van der Waals surface area contributed by atoms with E-state index in [0.717, 1.165) is 12.1 Å². The van der Waals surface area contributed by atoms with Gasteiger partial charge >= 0.3 is 12.5 Å². The Hall–Kier alpha value is -1.57. The summed E-state index contributed by atoms with van der Waals surface area (Å²) in [6.45, 7) is 2.16. The number of carbonyl (C=O) groups excluding carboxylic acids is 1. The molecule has 0 unspecified atom stereocenters. The average Bonchev–Trinajstić information content (AvgIpc) is 2.36. The highest BCUT2D eigenvalue weighted by Crippen LogP contribution is 2.23. The van der Waals surface area contributed by atoms with Crippen molar-refractivity contribution >= 4 is 23.5 Å². The normalized spacial score (nSPS) is 12.7. The number of ether oxygens (including phenoxy) is 2. The van der Waals surface area contributed by atoms with Crippen LogP contribution in [0.25, 0.3) is 0 Å². The summed E-state index contributed by atoms with van der Waals surface area (Å²) in [5.41, 5.74) is 0.321. The van der Waals surface area contributed by atoms with Crippen LogP contribution in [-0.2, 0) is 4.74 Å². The number of rotatable bonds is 5. The average molecular weight is 309 g/mol. The first kappa shape index (κ1) is 16.5.